The molecule has 2 aromatic carbocycles. The number of ether oxygens (including phenoxy) is 1. The molecular formula is C18H17NO3. The zero-order valence-corrected chi connectivity index (χ0v) is 12.5. The fraction of sp³-hybridized carbons (Fsp3) is 0.167. The molecule has 0 amide bonds. The van der Waals surface area contributed by atoms with E-state index in [1.165, 1.54) is 0 Å². The highest BCUT2D eigenvalue weighted by molar-refractivity contribution is 6.05. The predicted molar refractivity (Wildman–Crippen MR) is 85.3 cm³/mol. The topological polar surface area (TPSA) is 51.5 Å². The molecule has 4 nitrogen and oxygen atoms in total. The molecule has 0 fully saturated rings. The van der Waals surface area contributed by atoms with Gasteiger partial charge < -0.3 is 9.84 Å². The van der Waals surface area contributed by atoms with E-state index in [4.69, 9.17) is 4.74 Å². The summed E-state index contributed by atoms with van der Waals surface area (Å²) in [6, 6.07) is 14.7. The number of hydrogen-bond acceptors (Lipinski definition) is 3. The summed E-state index contributed by atoms with van der Waals surface area (Å²) >= 11 is 0. The number of para-hydroxylation sites is 2. The van der Waals surface area contributed by atoms with Crippen LogP contribution in [0.2, 0.25) is 0 Å². The van der Waals surface area contributed by atoms with Gasteiger partial charge in [0, 0.05) is 16.6 Å². The van der Waals surface area contributed by atoms with Gasteiger partial charge in [-0.05, 0) is 25.1 Å². The SMILES string of the molecule is COc1ccccc1C(=O)n1c(C)c(CO)c2ccccc21. The minimum atomic E-state index is -0.161. The van der Waals surface area contributed by atoms with Crippen LogP contribution in [0.15, 0.2) is 48.5 Å². The van der Waals surface area contributed by atoms with Crippen LogP contribution in [0.5, 0.6) is 5.75 Å². The Bertz CT molecular complexity index is 849. The molecule has 3 aromatic rings. The summed E-state index contributed by atoms with van der Waals surface area (Å²) in [5.41, 5.74) is 2.82. The average Bonchev–Trinajstić information content (AvgIpc) is 2.85. The molecule has 0 aliphatic rings. The van der Waals surface area contributed by atoms with E-state index in [0.29, 0.717) is 11.3 Å². The Hall–Kier alpha value is -2.59. The highest BCUT2D eigenvalue weighted by atomic mass is 16.5. The minimum absolute atomic E-state index is 0.0987. The van der Waals surface area contributed by atoms with E-state index >= 15 is 0 Å². The standard InChI is InChI=1S/C18H17NO3/c1-12-15(11-20)13-7-3-5-9-16(13)19(12)18(21)14-8-4-6-10-17(14)22-2/h3-10,20H,11H2,1-2H3. The van der Waals surface area contributed by atoms with Crippen LogP contribution < -0.4 is 4.74 Å². The predicted octanol–water partition coefficient (Wildman–Crippen LogP) is 3.14. The number of methoxy groups -OCH3 is 1. The molecule has 1 aromatic heterocycles. The lowest BCUT2D eigenvalue weighted by Gasteiger charge is -2.10. The second-order valence-electron chi connectivity index (χ2n) is 5.08. The van der Waals surface area contributed by atoms with Crippen LogP contribution >= 0.6 is 0 Å². The number of aliphatic hydroxyl groups is 1. The summed E-state index contributed by atoms with van der Waals surface area (Å²) < 4.78 is 6.93. The molecular weight excluding hydrogens is 278 g/mol. The summed E-state index contributed by atoms with van der Waals surface area (Å²) in [6.07, 6.45) is 0. The maximum atomic E-state index is 13.0. The van der Waals surface area contributed by atoms with Crippen molar-refractivity contribution in [1.29, 1.82) is 0 Å². The van der Waals surface area contributed by atoms with Gasteiger partial charge >= 0.3 is 0 Å². The zero-order chi connectivity index (χ0) is 15.7. The lowest BCUT2D eigenvalue weighted by molar-refractivity contribution is 0.0959. The second-order valence-corrected chi connectivity index (χ2v) is 5.08. The molecule has 0 spiro atoms. The summed E-state index contributed by atoms with van der Waals surface area (Å²) in [4.78, 5) is 13.0. The van der Waals surface area contributed by atoms with Gasteiger partial charge in [-0.2, -0.15) is 0 Å². The number of carbonyl (C=O) groups is 1. The summed E-state index contributed by atoms with van der Waals surface area (Å²) in [6.45, 7) is 1.75. The van der Waals surface area contributed by atoms with Crippen LogP contribution in [0.4, 0.5) is 0 Å². The van der Waals surface area contributed by atoms with E-state index in [2.05, 4.69) is 0 Å². The number of aromatic nitrogens is 1. The Kier molecular flexibility index (Phi) is 3.69. The average molecular weight is 295 g/mol. The fourth-order valence-electron chi connectivity index (χ4n) is 2.84. The van der Waals surface area contributed by atoms with Gasteiger partial charge in [-0.1, -0.05) is 30.3 Å². The molecule has 0 aliphatic carbocycles. The van der Waals surface area contributed by atoms with Crippen molar-refractivity contribution < 1.29 is 14.6 Å². The van der Waals surface area contributed by atoms with Crippen molar-refractivity contribution in [2.45, 2.75) is 13.5 Å². The Morgan fingerprint density at radius 3 is 2.55 bits per heavy atom. The second kappa shape index (κ2) is 5.66. The van der Waals surface area contributed by atoms with Gasteiger partial charge in [0.15, 0.2) is 0 Å². The van der Waals surface area contributed by atoms with Crippen molar-refractivity contribution in [3.05, 3.63) is 65.4 Å². The Labute approximate surface area is 128 Å². The highest BCUT2D eigenvalue weighted by Crippen LogP contribution is 2.28. The molecule has 0 saturated carbocycles. The largest absolute Gasteiger partial charge is 0.496 e. The smallest absolute Gasteiger partial charge is 0.266 e. The summed E-state index contributed by atoms with van der Waals surface area (Å²) in [5, 5.41) is 10.5. The quantitative estimate of drug-likeness (QED) is 0.807. The first-order valence-corrected chi connectivity index (χ1v) is 7.06. The maximum Gasteiger partial charge on any atom is 0.266 e. The first kappa shape index (κ1) is 14.4. The Morgan fingerprint density at radius 1 is 1.14 bits per heavy atom. The number of benzene rings is 2. The van der Waals surface area contributed by atoms with Gasteiger partial charge in [0.05, 0.1) is 24.8 Å². The van der Waals surface area contributed by atoms with Gasteiger partial charge in [0.2, 0.25) is 0 Å². The molecule has 1 heterocycles. The van der Waals surface area contributed by atoms with Gasteiger partial charge in [-0.15, -0.1) is 0 Å². The number of carbonyl (C=O) groups excluding carboxylic acids is 1. The van der Waals surface area contributed by atoms with Crippen LogP contribution in [0, 0.1) is 6.92 Å². The Morgan fingerprint density at radius 2 is 1.82 bits per heavy atom. The van der Waals surface area contributed by atoms with Crippen molar-refractivity contribution in [2.75, 3.05) is 7.11 Å². The first-order valence-electron chi connectivity index (χ1n) is 7.06. The number of nitrogens with zero attached hydrogens (tertiary/aromatic N) is 1. The van der Waals surface area contributed by atoms with Crippen molar-refractivity contribution >= 4 is 16.8 Å². The molecule has 0 bridgehead atoms. The molecule has 1 N–H and O–H groups in total. The zero-order valence-electron chi connectivity index (χ0n) is 12.5. The number of rotatable bonds is 3. The van der Waals surface area contributed by atoms with E-state index in [0.717, 1.165) is 22.2 Å². The summed E-state index contributed by atoms with van der Waals surface area (Å²) in [7, 11) is 1.55. The van der Waals surface area contributed by atoms with Crippen molar-refractivity contribution in [1.82, 2.24) is 4.57 Å². The summed E-state index contributed by atoms with van der Waals surface area (Å²) in [5.74, 6) is 0.376. The molecule has 0 radical (unpaired) electrons. The third-order valence-corrected chi connectivity index (χ3v) is 3.94. The fourth-order valence-corrected chi connectivity index (χ4v) is 2.84. The molecule has 4 heteroatoms. The lowest BCUT2D eigenvalue weighted by atomic mass is 10.1. The number of fused-ring (bicyclic) bond motifs is 1. The number of hydrogen-bond donors (Lipinski definition) is 1. The van der Waals surface area contributed by atoms with E-state index in [1.807, 2.05) is 43.3 Å². The van der Waals surface area contributed by atoms with Crippen molar-refractivity contribution in [3.8, 4) is 5.75 Å². The van der Waals surface area contributed by atoms with Gasteiger partial charge in [0.25, 0.3) is 5.91 Å². The maximum absolute atomic E-state index is 13.0. The first-order chi connectivity index (χ1) is 10.7. The van der Waals surface area contributed by atoms with Gasteiger partial charge in [-0.25, -0.2) is 0 Å². The molecule has 0 aliphatic heterocycles. The molecule has 0 saturated heterocycles. The van der Waals surface area contributed by atoms with E-state index in [9.17, 15) is 9.90 Å². The van der Waals surface area contributed by atoms with Crippen LogP contribution in [0.3, 0.4) is 0 Å². The third-order valence-electron chi connectivity index (χ3n) is 3.94. The molecule has 22 heavy (non-hydrogen) atoms. The Balaban J connectivity index is 2.26. The lowest BCUT2D eigenvalue weighted by Crippen LogP contribution is -2.14. The van der Waals surface area contributed by atoms with Crippen LogP contribution in [0.25, 0.3) is 10.9 Å². The van der Waals surface area contributed by atoms with Crippen molar-refractivity contribution in [2.24, 2.45) is 0 Å². The van der Waals surface area contributed by atoms with Crippen LogP contribution in [-0.4, -0.2) is 22.7 Å². The molecule has 0 unspecified atom stereocenters. The highest BCUT2D eigenvalue weighted by Gasteiger charge is 2.21. The monoisotopic (exact) mass is 295 g/mol. The van der Waals surface area contributed by atoms with E-state index < -0.39 is 0 Å². The van der Waals surface area contributed by atoms with Gasteiger partial charge in [-0.3, -0.25) is 9.36 Å². The minimum Gasteiger partial charge on any atom is -0.496 e. The molecule has 0 atom stereocenters. The van der Waals surface area contributed by atoms with Gasteiger partial charge in [0.1, 0.15) is 5.75 Å². The molecule has 112 valence electrons. The third kappa shape index (κ3) is 2.09. The van der Waals surface area contributed by atoms with E-state index in [1.54, 1.807) is 23.8 Å². The van der Waals surface area contributed by atoms with Crippen molar-refractivity contribution in [3.63, 3.8) is 0 Å². The van der Waals surface area contributed by atoms with Crippen LogP contribution in [-0.2, 0) is 6.61 Å². The number of aliphatic hydroxyl groups excluding tert-OH is 1. The normalized spacial score (nSPS) is 10.9. The van der Waals surface area contributed by atoms with Crippen LogP contribution in [0.1, 0.15) is 21.6 Å². The van der Waals surface area contributed by atoms with E-state index in [-0.39, 0.29) is 12.5 Å². The molecule has 3 rings (SSSR count).